The van der Waals surface area contributed by atoms with Gasteiger partial charge in [0.2, 0.25) is 5.91 Å². The molecule has 2 aromatic rings. The van der Waals surface area contributed by atoms with E-state index in [0.29, 0.717) is 37.6 Å². The molecule has 1 aliphatic rings. The number of hydrogen-bond donors (Lipinski definition) is 1. The second kappa shape index (κ2) is 10.1. The van der Waals surface area contributed by atoms with Crippen LogP contribution in [0, 0.1) is 0 Å². The fourth-order valence-electron chi connectivity index (χ4n) is 3.95. The zero-order chi connectivity index (χ0) is 23.3. The Balaban J connectivity index is 1.66. The number of methoxy groups -OCH3 is 1. The summed E-state index contributed by atoms with van der Waals surface area (Å²) in [5, 5.41) is 10.9. The van der Waals surface area contributed by atoms with E-state index >= 15 is 0 Å². The molecule has 1 atom stereocenters. The second-order valence-corrected chi connectivity index (χ2v) is 8.65. The first kappa shape index (κ1) is 23.8. The molecule has 7 heteroatoms. The molecule has 1 N–H and O–H groups in total. The first-order chi connectivity index (χ1) is 15.2. The van der Waals surface area contributed by atoms with Gasteiger partial charge < -0.3 is 24.4 Å². The molecule has 0 aliphatic carbocycles. The third kappa shape index (κ3) is 5.87. The maximum atomic E-state index is 12.9. The average Bonchev–Trinajstić information content (AvgIpc) is 2.98. The van der Waals surface area contributed by atoms with E-state index in [1.807, 2.05) is 37.2 Å². The van der Waals surface area contributed by atoms with Gasteiger partial charge in [-0.05, 0) is 63.0 Å². The summed E-state index contributed by atoms with van der Waals surface area (Å²) in [6, 6.07) is 12.5. The maximum Gasteiger partial charge on any atom is 0.223 e. The third-order valence-corrected chi connectivity index (χ3v) is 5.62. The van der Waals surface area contributed by atoms with Gasteiger partial charge in [-0.15, -0.1) is 0 Å². The number of aliphatic hydroxyl groups is 1. The van der Waals surface area contributed by atoms with Crippen molar-refractivity contribution in [2.75, 3.05) is 40.9 Å². The number of likely N-dealkylation sites (N-methyl/N-ethyl adjacent to an activating group) is 1. The highest BCUT2D eigenvalue weighted by atomic mass is 16.5. The van der Waals surface area contributed by atoms with Gasteiger partial charge in [-0.3, -0.25) is 9.59 Å². The van der Waals surface area contributed by atoms with Crippen LogP contribution in [0.4, 0.5) is 0 Å². The second-order valence-electron chi connectivity index (χ2n) is 8.65. The van der Waals surface area contributed by atoms with E-state index in [0.717, 1.165) is 16.9 Å². The Morgan fingerprint density at radius 3 is 2.53 bits per heavy atom. The molecular weight excluding hydrogens is 408 g/mol. The molecule has 0 saturated carbocycles. The standard InChI is InChI=1S/C25H32N2O5/c1-25(30,17-26(2)3)20-7-11-23-19(15-20)16-27(13-14-32-23)24(29)12-10-22(28)18-5-8-21(31-4)9-6-18/h5-9,11,15,30H,10,12-14,16-17H2,1-4H3. The van der Waals surface area contributed by atoms with Gasteiger partial charge in [0.05, 0.1) is 19.3 Å². The van der Waals surface area contributed by atoms with Crippen LogP contribution in [0.15, 0.2) is 42.5 Å². The van der Waals surface area contributed by atoms with E-state index in [4.69, 9.17) is 9.47 Å². The lowest BCUT2D eigenvalue weighted by Gasteiger charge is -2.28. The first-order valence-corrected chi connectivity index (χ1v) is 10.8. The van der Waals surface area contributed by atoms with Gasteiger partial charge in [0.1, 0.15) is 18.1 Å². The summed E-state index contributed by atoms with van der Waals surface area (Å²) in [7, 11) is 5.40. The van der Waals surface area contributed by atoms with Crippen LogP contribution < -0.4 is 9.47 Å². The van der Waals surface area contributed by atoms with Crippen LogP contribution in [0.25, 0.3) is 0 Å². The Morgan fingerprint density at radius 2 is 1.88 bits per heavy atom. The normalized spacial score (nSPS) is 15.4. The van der Waals surface area contributed by atoms with Crippen LogP contribution in [0.2, 0.25) is 0 Å². The largest absolute Gasteiger partial charge is 0.497 e. The van der Waals surface area contributed by atoms with Crippen molar-refractivity contribution in [3.05, 3.63) is 59.2 Å². The quantitative estimate of drug-likeness (QED) is 0.636. The zero-order valence-corrected chi connectivity index (χ0v) is 19.3. The Kier molecular flexibility index (Phi) is 7.53. The molecule has 0 spiro atoms. The van der Waals surface area contributed by atoms with Crippen molar-refractivity contribution in [2.24, 2.45) is 0 Å². The molecule has 0 saturated heterocycles. The Bertz CT molecular complexity index is 953. The summed E-state index contributed by atoms with van der Waals surface area (Å²) >= 11 is 0. The number of ketones is 1. The lowest BCUT2D eigenvalue weighted by atomic mass is 9.93. The Morgan fingerprint density at radius 1 is 1.16 bits per heavy atom. The fraction of sp³-hybridized carbons (Fsp3) is 0.440. The van der Waals surface area contributed by atoms with Crippen molar-refractivity contribution in [1.29, 1.82) is 0 Å². The predicted molar refractivity (Wildman–Crippen MR) is 122 cm³/mol. The van der Waals surface area contributed by atoms with E-state index in [2.05, 4.69) is 0 Å². The summed E-state index contributed by atoms with van der Waals surface area (Å²) in [6.45, 7) is 3.48. The number of nitrogens with zero attached hydrogens (tertiary/aromatic N) is 2. The highest BCUT2D eigenvalue weighted by molar-refractivity contribution is 5.98. The monoisotopic (exact) mass is 440 g/mol. The number of Topliss-reactive ketones (excluding diaryl/α,β-unsaturated/α-hetero) is 1. The van der Waals surface area contributed by atoms with Crippen molar-refractivity contribution < 1.29 is 24.2 Å². The molecule has 0 radical (unpaired) electrons. The average molecular weight is 441 g/mol. The summed E-state index contributed by atoms with van der Waals surface area (Å²) in [4.78, 5) is 29.0. The predicted octanol–water partition coefficient (Wildman–Crippen LogP) is 2.85. The van der Waals surface area contributed by atoms with Crippen molar-refractivity contribution in [1.82, 2.24) is 9.80 Å². The SMILES string of the molecule is COc1ccc(C(=O)CCC(=O)N2CCOc3ccc(C(C)(O)CN(C)C)cc3C2)cc1. The molecule has 2 aromatic carbocycles. The van der Waals surface area contributed by atoms with Gasteiger partial charge >= 0.3 is 0 Å². The molecule has 1 heterocycles. The Labute approximate surface area is 189 Å². The summed E-state index contributed by atoms with van der Waals surface area (Å²) in [5.41, 5.74) is 1.17. The molecule has 1 unspecified atom stereocenters. The molecule has 0 bridgehead atoms. The summed E-state index contributed by atoms with van der Waals surface area (Å²) in [5.74, 6) is 1.24. The smallest absolute Gasteiger partial charge is 0.223 e. The minimum atomic E-state index is -1.02. The van der Waals surface area contributed by atoms with Crippen LogP contribution in [0.3, 0.4) is 0 Å². The van der Waals surface area contributed by atoms with Crippen molar-refractivity contribution in [3.63, 3.8) is 0 Å². The molecule has 32 heavy (non-hydrogen) atoms. The Hall–Kier alpha value is -2.90. The van der Waals surface area contributed by atoms with Crippen LogP contribution in [-0.2, 0) is 16.9 Å². The van der Waals surface area contributed by atoms with Gasteiger partial charge in [-0.2, -0.15) is 0 Å². The van der Waals surface area contributed by atoms with Gasteiger partial charge in [0, 0.05) is 37.1 Å². The number of carbonyl (C=O) groups is 2. The summed E-state index contributed by atoms with van der Waals surface area (Å²) in [6.07, 6.45) is 0.283. The van der Waals surface area contributed by atoms with Gasteiger partial charge in [0.25, 0.3) is 0 Å². The molecule has 172 valence electrons. The fourth-order valence-corrected chi connectivity index (χ4v) is 3.95. The van der Waals surface area contributed by atoms with Gasteiger partial charge in [-0.25, -0.2) is 0 Å². The van der Waals surface area contributed by atoms with Gasteiger partial charge in [-0.1, -0.05) is 6.07 Å². The minimum Gasteiger partial charge on any atom is -0.497 e. The first-order valence-electron chi connectivity index (χ1n) is 10.8. The van der Waals surface area contributed by atoms with Crippen LogP contribution in [0.1, 0.15) is 41.3 Å². The van der Waals surface area contributed by atoms with Crippen molar-refractivity contribution >= 4 is 11.7 Å². The summed E-state index contributed by atoms with van der Waals surface area (Å²) < 4.78 is 10.9. The van der Waals surface area contributed by atoms with E-state index in [1.54, 1.807) is 43.2 Å². The van der Waals surface area contributed by atoms with E-state index < -0.39 is 5.60 Å². The molecule has 0 fully saturated rings. The topological polar surface area (TPSA) is 79.3 Å². The number of benzene rings is 2. The molecular formula is C25H32N2O5. The van der Waals surface area contributed by atoms with E-state index in [9.17, 15) is 14.7 Å². The number of rotatable bonds is 8. The maximum absolute atomic E-state index is 12.9. The van der Waals surface area contributed by atoms with Crippen LogP contribution >= 0.6 is 0 Å². The van der Waals surface area contributed by atoms with Crippen LogP contribution in [-0.4, -0.2) is 67.5 Å². The number of carbonyl (C=O) groups excluding carboxylic acids is 2. The molecule has 7 nitrogen and oxygen atoms in total. The van der Waals surface area contributed by atoms with Crippen LogP contribution in [0.5, 0.6) is 11.5 Å². The van der Waals surface area contributed by atoms with Crippen molar-refractivity contribution in [3.8, 4) is 11.5 Å². The number of fused-ring (bicyclic) bond motifs is 1. The molecule has 1 amide bonds. The number of hydrogen-bond acceptors (Lipinski definition) is 6. The highest BCUT2D eigenvalue weighted by Crippen LogP contribution is 2.30. The van der Waals surface area contributed by atoms with E-state index in [1.165, 1.54) is 0 Å². The van der Waals surface area contributed by atoms with E-state index in [-0.39, 0.29) is 24.5 Å². The third-order valence-electron chi connectivity index (χ3n) is 5.62. The van der Waals surface area contributed by atoms with Crippen molar-refractivity contribution in [2.45, 2.75) is 31.9 Å². The lowest BCUT2D eigenvalue weighted by molar-refractivity contribution is -0.131. The molecule has 1 aliphatic heterocycles. The molecule has 0 aromatic heterocycles. The lowest BCUT2D eigenvalue weighted by Crippen LogP contribution is -2.35. The minimum absolute atomic E-state index is 0.0745. The number of amides is 1. The highest BCUT2D eigenvalue weighted by Gasteiger charge is 2.27. The number of ether oxygens (including phenoxy) is 2. The zero-order valence-electron chi connectivity index (χ0n) is 19.3. The van der Waals surface area contributed by atoms with Gasteiger partial charge in [0.15, 0.2) is 5.78 Å². The molecule has 3 rings (SSSR count).